The van der Waals surface area contributed by atoms with Gasteiger partial charge in [0.2, 0.25) is 0 Å². The van der Waals surface area contributed by atoms with E-state index in [0.717, 1.165) is 0 Å². The molecule has 6 heteroatoms. The Kier molecular flexibility index (Phi) is 3.97. The Hall–Kier alpha value is -1.59. The topological polar surface area (TPSA) is 78.9 Å². The van der Waals surface area contributed by atoms with E-state index in [9.17, 15) is 14.4 Å². The van der Waals surface area contributed by atoms with Crippen molar-refractivity contribution in [3.8, 4) is 0 Å². The molecule has 0 aromatic heterocycles. The van der Waals surface area contributed by atoms with E-state index in [0.29, 0.717) is 19.3 Å². The minimum Gasteiger partial charge on any atom is -0.459 e. The fraction of sp³-hybridized carbons (Fsp3) is 0.842. The second kappa shape index (κ2) is 5.45. The first-order valence-electron chi connectivity index (χ1n) is 9.08. The summed E-state index contributed by atoms with van der Waals surface area (Å²) in [6.45, 7) is 11.0. The van der Waals surface area contributed by atoms with Gasteiger partial charge in [-0.15, -0.1) is 0 Å². The van der Waals surface area contributed by atoms with Crippen LogP contribution in [0.25, 0.3) is 0 Å². The van der Waals surface area contributed by atoms with Crippen LogP contribution in [0.5, 0.6) is 0 Å². The number of rotatable bonds is 4. The summed E-state index contributed by atoms with van der Waals surface area (Å²) in [5.41, 5.74) is -2.46. The van der Waals surface area contributed by atoms with Crippen molar-refractivity contribution in [2.45, 2.75) is 78.6 Å². The minimum absolute atomic E-state index is 0.0365. The molecule has 3 fully saturated rings. The predicted molar refractivity (Wildman–Crippen MR) is 88.3 cm³/mol. The van der Waals surface area contributed by atoms with E-state index in [2.05, 4.69) is 0 Å². The molecule has 5 atom stereocenters. The monoisotopic (exact) mass is 352 g/mol. The van der Waals surface area contributed by atoms with Gasteiger partial charge in [0.1, 0.15) is 17.8 Å². The molecule has 1 heterocycles. The van der Waals surface area contributed by atoms with Crippen molar-refractivity contribution in [3.05, 3.63) is 0 Å². The summed E-state index contributed by atoms with van der Waals surface area (Å²) in [6, 6.07) is 0. The molecule has 6 nitrogen and oxygen atoms in total. The van der Waals surface area contributed by atoms with E-state index in [1.807, 2.05) is 20.8 Å². The standard InChI is InChI=1S/C19H28O6/c1-7-18(5,6)14(20)23-12-10-8-11-13(12)24-15(21)19(11,9-10)16(22)25-17(2,3)4/h10-13H,7-9H2,1-6H3. The molecule has 3 aliphatic rings. The highest BCUT2D eigenvalue weighted by Crippen LogP contribution is 2.63. The SMILES string of the molecule is CCC(C)(C)C(=O)OC1C2CC3C1OC(=O)C3(C(=O)OC(C)(C)C)C2. The molecule has 0 N–H and O–H groups in total. The van der Waals surface area contributed by atoms with E-state index >= 15 is 0 Å². The zero-order valence-corrected chi connectivity index (χ0v) is 15.9. The summed E-state index contributed by atoms with van der Waals surface area (Å²) in [6.07, 6.45) is 0.673. The summed E-state index contributed by atoms with van der Waals surface area (Å²) in [7, 11) is 0. The summed E-state index contributed by atoms with van der Waals surface area (Å²) >= 11 is 0. The maximum atomic E-state index is 12.7. The van der Waals surface area contributed by atoms with Gasteiger partial charge in [0.15, 0.2) is 5.41 Å². The summed E-state index contributed by atoms with van der Waals surface area (Å²) in [5, 5.41) is 0. The normalized spacial score (nSPS) is 36.3. The molecule has 140 valence electrons. The number of fused-ring (bicyclic) bond motifs is 1. The van der Waals surface area contributed by atoms with Crippen LogP contribution in [0.2, 0.25) is 0 Å². The third-order valence-corrected chi connectivity index (χ3v) is 6.01. The Morgan fingerprint density at radius 2 is 1.88 bits per heavy atom. The van der Waals surface area contributed by atoms with Crippen molar-refractivity contribution in [2.24, 2.45) is 22.7 Å². The molecule has 25 heavy (non-hydrogen) atoms. The van der Waals surface area contributed by atoms with Crippen LogP contribution in [-0.4, -0.2) is 35.7 Å². The number of hydrogen-bond donors (Lipinski definition) is 0. The maximum absolute atomic E-state index is 12.7. The fourth-order valence-electron chi connectivity index (χ4n) is 4.23. The van der Waals surface area contributed by atoms with Gasteiger partial charge >= 0.3 is 17.9 Å². The van der Waals surface area contributed by atoms with Gasteiger partial charge in [0.05, 0.1) is 5.41 Å². The lowest BCUT2D eigenvalue weighted by Gasteiger charge is -2.33. The number of ether oxygens (including phenoxy) is 3. The Bertz CT molecular complexity index is 616. The first-order chi connectivity index (χ1) is 11.4. The molecule has 1 aliphatic heterocycles. The van der Waals surface area contributed by atoms with Crippen LogP contribution >= 0.6 is 0 Å². The Morgan fingerprint density at radius 3 is 2.44 bits per heavy atom. The molecule has 2 saturated carbocycles. The molecular weight excluding hydrogens is 324 g/mol. The Balaban J connectivity index is 1.79. The average Bonchev–Trinajstić information content (AvgIpc) is 3.07. The smallest absolute Gasteiger partial charge is 0.324 e. The van der Waals surface area contributed by atoms with E-state index in [1.165, 1.54) is 0 Å². The van der Waals surface area contributed by atoms with Crippen LogP contribution < -0.4 is 0 Å². The molecule has 0 radical (unpaired) electrons. The van der Waals surface area contributed by atoms with Crippen LogP contribution in [0.1, 0.15) is 60.8 Å². The van der Waals surface area contributed by atoms with Crippen molar-refractivity contribution in [1.29, 1.82) is 0 Å². The molecule has 0 spiro atoms. The van der Waals surface area contributed by atoms with Gasteiger partial charge in [0, 0.05) is 11.8 Å². The van der Waals surface area contributed by atoms with Crippen LogP contribution in [0.3, 0.4) is 0 Å². The van der Waals surface area contributed by atoms with E-state index in [4.69, 9.17) is 14.2 Å². The number of carbonyl (C=O) groups excluding carboxylic acids is 3. The Labute approximate surface area is 148 Å². The molecule has 0 amide bonds. The second-order valence-corrected chi connectivity index (χ2v) is 9.26. The predicted octanol–water partition coefficient (Wildman–Crippen LogP) is 2.63. The largest absolute Gasteiger partial charge is 0.459 e. The molecular formula is C19H28O6. The van der Waals surface area contributed by atoms with Crippen LogP contribution in [0.4, 0.5) is 0 Å². The van der Waals surface area contributed by atoms with Crippen molar-refractivity contribution in [1.82, 2.24) is 0 Å². The van der Waals surface area contributed by atoms with Crippen molar-refractivity contribution in [3.63, 3.8) is 0 Å². The number of hydrogen-bond acceptors (Lipinski definition) is 6. The van der Waals surface area contributed by atoms with E-state index in [-0.39, 0.29) is 17.8 Å². The molecule has 1 saturated heterocycles. The van der Waals surface area contributed by atoms with Gasteiger partial charge in [-0.05, 0) is 53.9 Å². The van der Waals surface area contributed by atoms with Gasteiger partial charge in [-0.2, -0.15) is 0 Å². The summed E-state index contributed by atoms with van der Waals surface area (Å²) in [4.78, 5) is 37.7. The summed E-state index contributed by atoms with van der Waals surface area (Å²) < 4.78 is 16.8. The van der Waals surface area contributed by atoms with Gasteiger partial charge < -0.3 is 14.2 Å². The van der Waals surface area contributed by atoms with Crippen LogP contribution in [0, 0.1) is 22.7 Å². The first kappa shape index (κ1) is 18.2. The van der Waals surface area contributed by atoms with Gasteiger partial charge in [-0.1, -0.05) is 6.92 Å². The number of carbonyl (C=O) groups is 3. The lowest BCUT2D eigenvalue weighted by atomic mass is 9.73. The average molecular weight is 352 g/mol. The highest BCUT2D eigenvalue weighted by atomic mass is 16.6. The third kappa shape index (κ3) is 2.64. The molecule has 3 rings (SSSR count). The zero-order valence-electron chi connectivity index (χ0n) is 15.9. The molecule has 0 aromatic carbocycles. The maximum Gasteiger partial charge on any atom is 0.324 e. The molecule has 0 aromatic rings. The summed E-state index contributed by atoms with van der Waals surface area (Å²) in [5.74, 6) is -1.60. The highest BCUT2D eigenvalue weighted by molar-refractivity contribution is 6.03. The lowest BCUT2D eigenvalue weighted by Crippen LogP contribution is -2.47. The molecule has 2 bridgehead atoms. The van der Waals surface area contributed by atoms with E-state index < -0.39 is 40.6 Å². The van der Waals surface area contributed by atoms with E-state index in [1.54, 1.807) is 20.8 Å². The molecule has 5 unspecified atom stereocenters. The number of esters is 3. The van der Waals surface area contributed by atoms with Crippen molar-refractivity contribution in [2.75, 3.05) is 0 Å². The lowest BCUT2D eigenvalue weighted by molar-refractivity contribution is -0.174. The van der Waals surface area contributed by atoms with Crippen LogP contribution in [-0.2, 0) is 28.6 Å². The molecule has 2 aliphatic carbocycles. The van der Waals surface area contributed by atoms with Gasteiger partial charge in [-0.25, -0.2) is 0 Å². The quantitative estimate of drug-likeness (QED) is 0.440. The Morgan fingerprint density at radius 1 is 1.24 bits per heavy atom. The highest BCUT2D eigenvalue weighted by Gasteiger charge is 2.75. The van der Waals surface area contributed by atoms with Crippen molar-refractivity contribution < 1.29 is 28.6 Å². The fourth-order valence-corrected chi connectivity index (χ4v) is 4.23. The third-order valence-electron chi connectivity index (χ3n) is 6.01. The first-order valence-corrected chi connectivity index (χ1v) is 9.08. The van der Waals surface area contributed by atoms with Gasteiger partial charge in [-0.3, -0.25) is 14.4 Å². The van der Waals surface area contributed by atoms with Gasteiger partial charge in [0.25, 0.3) is 0 Å². The minimum atomic E-state index is -1.22. The van der Waals surface area contributed by atoms with Crippen molar-refractivity contribution >= 4 is 17.9 Å². The van der Waals surface area contributed by atoms with Crippen LogP contribution in [0.15, 0.2) is 0 Å². The second-order valence-electron chi connectivity index (χ2n) is 9.26. The zero-order chi connectivity index (χ0) is 18.8.